The van der Waals surface area contributed by atoms with E-state index < -0.39 is 0 Å². The minimum absolute atomic E-state index is 0.000907. The molecule has 2 N–H and O–H groups in total. The molecule has 2 aromatic rings. The molecular formula is C19H23N3O3. The Morgan fingerprint density at radius 1 is 1.32 bits per heavy atom. The highest BCUT2D eigenvalue weighted by molar-refractivity contribution is 5.76. The van der Waals surface area contributed by atoms with Crippen LogP contribution in [0.1, 0.15) is 36.4 Å². The predicted molar refractivity (Wildman–Crippen MR) is 93.0 cm³/mol. The van der Waals surface area contributed by atoms with Gasteiger partial charge in [-0.15, -0.1) is 0 Å². The number of hydrogen-bond acceptors (Lipinski definition) is 5. The van der Waals surface area contributed by atoms with E-state index in [-0.39, 0.29) is 24.0 Å². The van der Waals surface area contributed by atoms with E-state index in [0.717, 1.165) is 11.1 Å². The van der Waals surface area contributed by atoms with Crippen molar-refractivity contribution < 1.29 is 14.6 Å². The normalized spacial score (nSPS) is 20.4. The molecule has 0 saturated heterocycles. The van der Waals surface area contributed by atoms with Crippen molar-refractivity contribution in [2.45, 2.75) is 37.8 Å². The maximum atomic E-state index is 12.4. The molecule has 132 valence electrons. The molecule has 2 aromatic heterocycles. The number of carbonyl (C=O) groups is 1. The van der Waals surface area contributed by atoms with Crippen LogP contribution >= 0.6 is 0 Å². The number of nitrogens with zero attached hydrogens (tertiary/aromatic N) is 2. The Labute approximate surface area is 147 Å². The Morgan fingerprint density at radius 2 is 2.08 bits per heavy atom. The molecule has 1 amide bonds. The van der Waals surface area contributed by atoms with Crippen molar-refractivity contribution in [3.8, 4) is 5.88 Å². The molecule has 25 heavy (non-hydrogen) atoms. The minimum Gasteiger partial charge on any atom is -0.481 e. The lowest BCUT2D eigenvalue weighted by atomic mass is 9.75. The first-order chi connectivity index (χ1) is 12.2. The van der Waals surface area contributed by atoms with Gasteiger partial charge in [0.25, 0.3) is 0 Å². The number of ether oxygens (including phenoxy) is 1. The van der Waals surface area contributed by atoms with Gasteiger partial charge in [0.1, 0.15) is 0 Å². The van der Waals surface area contributed by atoms with Crippen LogP contribution in [-0.4, -0.2) is 34.2 Å². The predicted octanol–water partition coefficient (Wildman–Crippen LogP) is 2.05. The van der Waals surface area contributed by atoms with E-state index in [1.807, 2.05) is 18.2 Å². The number of aryl methyl sites for hydroxylation is 1. The molecule has 0 aromatic carbocycles. The molecule has 1 unspecified atom stereocenters. The number of rotatable bonds is 7. The van der Waals surface area contributed by atoms with Crippen molar-refractivity contribution in [3.05, 3.63) is 54.0 Å². The van der Waals surface area contributed by atoms with Gasteiger partial charge in [-0.2, -0.15) is 0 Å². The number of nitrogens with one attached hydrogen (secondary N) is 1. The van der Waals surface area contributed by atoms with E-state index in [4.69, 9.17) is 4.74 Å². The smallest absolute Gasteiger partial charge is 0.220 e. The Morgan fingerprint density at radius 3 is 2.68 bits per heavy atom. The second kappa shape index (κ2) is 8.07. The molecule has 6 heteroatoms. The first-order valence-electron chi connectivity index (χ1n) is 8.52. The van der Waals surface area contributed by atoms with Crippen LogP contribution in [0.4, 0.5) is 0 Å². The van der Waals surface area contributed by atoms with Crippen molar-refractivity contribution in [2.24, 2.45) is 5.92 Å². The van der Waals surface area contributed by atoms with Gasteiger partial charge in [0.15, 0.2) is 0 Å². The van der Waals surface area contributed by atoms with Gasteiger partial charge in [0.05, 0.1) is 19.3 Å². The van der Waals surface area contributed by atoms with Gasteiger partial charge in [-0.1, -0.05) is 6.07 Å². The molecule has 0 radical (unpaired) electrons. The number of pyridine rings is 2. The Balaban J connectivity index is 1.63. The molecule has 1 atom stereocenters. The van der Waals surface area contributed by atoms with E-state index in [1.54, 1.807) is 31.8 Å². The van der Waals surface area contributed by atoms with Crippen LogP contribution in [-0.2, 0) is 11.2 Å². The van der Waals surface area contributed by atoms with Crippen LogP contribution in [0.3, 0.4) is 0 Å². The molecule has 1 saturated carbocycles. The second-order valence-corrected chi connectivity index (χ2v) is 6.42. The van der Waals surface area contributed by atoms with Crippen LogP contribution in [0.5, 0.6) is 5.88 Å². The third kappa shape index (κ3) is 4.54. The number of hydrogen-bond donors (Lipinski definition) is 2. The summed E-state index contributed by atoms with van der Waals surface area (Å²) < 4.78 is 5.09. The summed E-state index contributed by atoms with van der Waals surface area (Å²) in [6.07, 6.45) is 7.41. The van der Waals surface area contributed by atoms with Gasteiger partial charge < -0.3 is 15.2 Å². The van der Waals surface area contributed by atoms with Gasteiger partial charge in [0.2, 0.25) is 11.8 Å². The lowest BCUT2D eigenvalue weighted by Gasteiger charge is -2.38. The average Bonchev–Trinajstić information content (AvgIpc) is 2.63. The van der Waals surface area contributed by atoms with E-state index >= 15 is 0 Å². The number of aromatic nitrogens is 2. The Kier molecular flexibility index (Phi) is 5.60. The van der Waals surface area contributed by atoms with Gasteiger partial charge in [0, 0.05) is 31.1 Å². The molecule has 2 heterocycles. The number of methoxy groups -OCH3 is 1. The first kappa shape index (κ1) is 17.4. The van der Waals surface area contributed by atoms with Crippen LogP contribution < -0.4 is 10.1 Å². The maximum Gasteiger partial charge on any atom is 0.220 e. The minimum atomic E-state index is -0.271. The average molecular weight is 341 g/mol. The number of carbonyl (C=O) groups excluding carboxylic acids is 1. The monoisotopic (exact) mass is 341 g/mol. The van der Waals surface area contributed by atoms with Crippen LogP contribution in [0, 0.1) is 5.92 Å². The Hall–Kier alpha value is -2.47. The lowest BCUT2D eigenvalue weighted by Crippen LogP contribution is -2.41. The standard InChI is InChI=1S/C19H23N3O3/c1-25-18-5-3-14(12-21-18)19(15-10-16(23)11-15)22-17(24)4-2-13-6-8-20-9-7-13/h3,5-9,12,15-16,19,23H,2,4,10-11H2,1H3,(H,22,24). The highest BCUT2D eigenvalue weighted by Gasteiger charge is 2.35. The fourth-order valence-corrected chi connectivity index (χ4v) is 3.12. The molecule has 1 aliphatic rings. The zero-order valence-corrected chi connectivity index (χ0v) is 14.3. The molecule has 6 nitrogen and oxygen atoms in total. The van der Waals surface area contributed by atoms with E-state index in [2.05, 4.69) is 15.3 Å². The first-order valence-corrected chi connectivity index (χ1v) is 8.52. The van der Waals surface area contributed by atoms with Crippen LogP contribution in [0.25, 0.3) is 0 Å². The summed E-state index contributed by atoms with van der Waals surface area (Å²) in [7, 11) is 1.57. The van der Waals surface area contributed by atoms with Gasteiger partial charge in [-0.25, -0.2) is 4.98 Å². The zero-order chi connectivity index (χ0) is 17.6. The lowest BCUT2D eigenvalue weighted by molar-refractivity contribution is -0.123. The van der Waals surface area contributed by atoms with Crippen molar-refractivity contribution in [1.29, 1.82) is 0 Å². The summed E-state index contributed by atoms with van der Waals surface area (Å²) in [5.74, 6) is 0.772. The van der Waals surface area contributed by atoms with Gasteiger partial charge in [-0.05, 0) is 48.4 Å². The summed E-state index contributed by atoms with van der Waals surface area (Å²) in [6.45, 7) is 0. The van der Waals surface area contributed by atoms with Gasteiger partial charge >= 0.3 is 0 Å². The van der Waals surface area contributed by atoms with Gasteiger partial charge in [-0.3, -0.25) is 9.78 Å². The molecular weight excluding hydrogens is 318 g/mol. The summed E-state index contributed by atoms with van der Waals surface area (Å²) in [5, 5.41) is 12.7. The second-order valence-electron chi connectivity index (χ2n) is 6.42. The number of amides is 1. The van der Waals surface area contributed by atoms with Crippen molar-refractivity contribution in [2.75, 3.05) is 7.11 Å². The van der Waals surface area contributed by atoms with Crippen LogP contribution in [0.2, 0.25) is 0 Å². The fourth-order valence-electron chi connectivity index (χ4n) is 3.12. The fraction of sp³-hybridized carbons (Fsp3) is 0.421. The van der Waals surface area contributed by atoms with E-state index in [0.29, 0.717) is 31.6 Å². The third-order valence-electron chi connectivity index (χ3n) is 4.66. The summed E-state index contributed by atoms with van der Waals surface area (Å²) >= 11 is 0. The zero-order valence-electron chi connectivity index (χ0n) is 14.3. The highest BCUT2D eigenvalue weighted by Crippen LogP contribution is 2.38. The molecule has 0 aliphatic heterocycles. The topological polar surface area (TPSA) is 84.3 Å². The quantitative estimate of drug-likeness (QED) is 0.805. The summed E-state index contributed by atoms with van der Waals surface area (Å²) in [6, 6.07) is 7.41. The molecule has 1 fully saturated rings. The third-order valence-corrected chi connectivity index (χ3v) is 4.66. The number of aliphatic hydroxyl groups excluding tert-OH is 1. The van der Waals surface area contributed by atoms with Crippen molar-refractivity contribution in [3.63, 3.8) is 0 Å². The summed E-state index contributed by atoms with van der Waals surface area (Å²) in [4.78, 5) is 20.6. The maximum absolute atomic E-state index is 12.4. The van der Waals surface area contributed by atoms with E-state index in [1.165, 1.54) is 0 Å². The number of aliphatic hydroxyl groups is 1. The van der Waals surface area contributed by atoms with Crippen LogP contribution in [0.15, 0.2) is 42.9 Å². The molecule has 0 spiro atoms. The highest BCUT2D eigenvalue weighted by atomic mass is 16.5. The molecule has 0 bridgehead atoms. The SMILES string of the molecule is COc1ccc(C(NC(=O)CCc2ccncc2)C2CC(O)C2)cn1. The largest absolute Gasteiger partial charge is 0.481 e. The van der Waals surface area contributed by atoms with Crippen molar-refractivity contribution >= 4 is 5.91 Å². The van der Waals surface area contributed by atoms with E-state index in [9.17, 15) is 9.90 Å². The molecule has 3 rings (SSSR count). The Bertz CT molecular complexity index is 685. The molecule has 1 aliphatic carbocycles. The van der Waals surface area contributed by atoms with Crippen molar-refractivity contribution in [1.82, 2.24) is 15.3 Å². The summed E-state index contributed by atoms with van der Waals surface area (Å²) in [5.41, 5.74) is 2.03.